The number of rotatable bonds is 0. The Hall–Kier alpha value is 0.360. The third-order valence-corrected chi connectivity index (χ3v) is 1.31. The van der Waals surface area contributed by atoms with Crippen LogP contribution in [0.15, 0.2) is 0 Å². The van der Waals surface area contributed by atoms with Crippen LogP contribution >= 0.6 is 9.24 Å². The highest BCUT2D eigenvalue weighted by atomic mass is 31.0. The molecule has 0 aromatic heterocycles. The first kappa shape index (κ1) is 3.55. The molecule has 0 heterocycles. The van der Waals surface area contributed by atoms with Crippen LogP contribution in [0.3, 0.4) is 0 Å². The Bertz CT molecular complexity index is 44.9. The van der Waals surface area contributed by atoms with Crippen molar-refractivity contribution >= 4 is 9.24 Å². The molecule has 0 bridgehead atoms. The first-order valence-corrected chi connectivity index (χ1v) is 2.26. The van der Waals surface area contributed by atoms with Crippen LogP contribution in [-0.2, 0) is 0 Å². The van der Waals surface area contributed by atoms with Gasteiger partial charge in [0, 0.05) is 0 Å². The molecule has 0 N–H and O–H groups in total. The van der Waals surface area contributed by atoms with Crippen molar-refractivity contribution in [1.29, 1.82) is 0 Å². The first-order chi connectivity index (χ1) is 2.21. The van der Waals surface area contributed by atoms with Gasteiger partial charge in [0.1, 0.15) is 5.41 Å². The van der Waals surface area contributed by atoms with Crippen molar-refractivity contribution in [1.82, 2.24) is 0 Å². The van der Waals surface area contributed by atoms with Gasteiger partial charge in [-0.1, -0.05) is 9.24 Å². The quantitative estimate of drug-likeness (QED) is 0.395. The molecule has 0 saturated heterocycles. The Kier molecular flexibility index (Phi) is 0.500. The summed E-state index contributed by atoms with van der Waals surface area (Å²) in [5, 5.41) is -0.833. The van der Waals surface area contributed by atoms with E-state index in [1.807, 2.05) is 0 Å². The van der Waals surface area contributed by atoms with Gasteiger partial charge in [-0.25, -0.2) is 4.39 Å². The first-order valence-electron chi connectivity index (χ1n) is 1.68. The fourth-order valence-corrected chi connectivity index (χ4v) is 0.264. The van der Waals surface area contributed by atoms with Crippen LogP contribution < -0.4 is 0 Å². The van der Waals surface area contributed by atoms with Gasteiger partial charge in [0.05, 0.1) is 0 Å². The van der Waals surface area contributed by atoms with Crippen molar-refractivity contribution in [3.8, 4) is 0 Å². The van der Waals surface area contributed by atoms with E-state index in [1.165, 1.54) is 0 Å². The molecule has 0 spiro atoms. The summed E-state index contributed by atoms with van der Waals surface area (Å²) in [6, 6.07) is 0. The maximum atomic E-state index is 11.8. The summed E-state index contributed by atoms with van der Waals surface area (Å²) in [6.07, 6.45) is 1.50. The van der Waals surface area contributed by atoms with Crippen LogP contribution in [0.4, 0.5) is 4.39 Å². The van der Waals surface area contributed by atoms with Gasteiger partial charge in [0.2, 0.25) is 0 Å². The van der Waals surface area contributed by atoms with Crippen molar-refractivity contribution in [2.75, 3.05) is 0 Å². The fourth-order valence-electron chi connectivity index (χ4n) is 0.119. The van der Waals surface area contributed by atoms with E-state index >= 15 is 0 Å². The minimum absolute atomic E-state index is 0.748. The standard InChI is InChI=1S/C3H6FP/c4-3(5)1-2-3/h1-2,5H2. The van der Waals surface area contributed by atoms with Crippen molar-refractivity contribution in [3.05, 3.63) is 0 Å². The van der Waals surface area contributed by atoms with Gasteiger partial charge >= 0.3 is 0 Å². The number of hydrogen-bond acceptors (Lipinski definition) is 0. The smallest absolute Gasteiger partial charge is 0.124 e. The van der Waals surface area contributed by atoms with Crippen molar-refractivity contribution < 1.29 is 4.39 Å². The Balaban J connectivity index is 2.38. The summed E-state index contributed by atoms with van der Waals surface area (Å²) in [6.45, 7) is 0. The lowest BCUT2D eigenvalue weighted by atomic mass is 10.9. The molecule has 1 aliphatic rings. The van der Waals surface area contributed by atoms with Gasteiger partial charge in [-0.05, 0) is 12.8 Å². The highest BCUT2D eigenvalue weighted by Crippen LogP contribution is 2.45. The van der Waals surface area contributed by atoms with Gasteiger partial charge in [-0.2, -0.15) is 0 Å². The molecule has 1 rings (SSSR count). The molecule has 0 aliphatic heterocycles. The SMILES string of the molecule is FC1(P)CC1. The minimum atomic E-state index is -0.833. The summed E-state index contributed by atoms with van der Waals surface area (Å²) in [4.78, 5) is 0. The second-order valence-electron chi connectivity index (χ2n) is 1.53. The Morgan fingerprint density at radius 3 is 1.80 bits per heavy atom. The third-order valence-electron chi connectivity index (χ3n) is 0.728. The van der Waals surface area contributed by atoms with Crippen LogP contribution in [0.5, 0.6) is 0 Å². The number of halogens is 1. The molecule has 1 unspecified atom stereocenters. The molecule has 2 heteroatoms. The topological polar surface area (TPSA) is 0 Å². The second kappa shape index (κ2) is 0.704. The highest BCUT2D eigenvalue weighted by molar-refractivity contribution is 7.19. The zero-order valence-corrected chi connectivity index (χ0v) is 4.02. The van der Waals surface area contributed by atoms with E-state index in [9.17, 15) is 4.39 Å². The van der Waals surface area contributed by atoms with E-state index in [4.69, 9.17) is 0 Å². The van der Waals surface area contributed by atoms with E-state index in [0.29, 0.717) is 0 Å². The van der Waals surface area contributed by atoms with Gasteiger partial charge in [-0.15, -0.1) is 0 Å². The largest absolute Gasteiger partial charge is 0.240 e. The van der Waals surface area contributed by atoms with E-state index < -0.39 is 5.41 Å². The average molecular weight is 92.1 g/mol. The lowest BCUT2D eigenvalue weighted by molar-refractivity contribution is 0.437. The maximum Gasteiger partial charge on any atom is 0.124 e. The molecule has 30 valence electrons. The molecule has 0 aromatic carbocycles. The maximum absolute atomic E-state index is 11.8. The predicted octanol–water partition coefficient (Wildman–Crippen LogP) is 1.32. The predicted molar refractivity (Wildman–Crippen MR) is 22.8 cm³/mol. The minimum Gasteiger partial charge on any atom is -0.240 e. The van der Waals surface area contributed by atoms with Gasteiger partial charge < -0.3 is 0 Å². The summed E-state index contributed by atoms with van der Waals surface area (Å²) < 4.78 is 11.8. The van der Waals surface area contributed by atoms with E-state index in [0.717, 1.165) is 12.8 Å². The van der Waals surface area contributed by atoms with Gasteiger partial charge in [0.25, 0.3) is 0 Å². The Labute approximate surface area is 33.0 Å². The Morgan fingerprint density at radius 1 is 1.60 bits per heavy atom. The second-order valence-corrected chi connectivity index (χ2v) is 2.57. The highest BCUT2D eigenvalue weighted by Gasteiger charge is 2.37. The molecular weight excluding hydrogens is 86.0 g/mol. The van der Waals surface area contributed by atoms with Crippen LogP contribution in [-0.4, -0.2) is 5.41 Å². The Morgan fingerprint density at radius 2 is 1.80 bits per heavy atom. The van der Waals surface area contributed by atoms with Crippen LogP contribution in [0.2, 0.25) is 0 Å². The molecule has 0 amide bonds. The van der Waals surface area contributed by atoms with Crippen LogP contribution in [0, 0.1) is 0 Å². The summed E-state index contributed by atoms with van der Waals surface area (Å²) in [7, 11) is 2.16. The third kappa shape index (κ3) is 0.845. The summed E-state index contributed by atoms with van der Waals surface area (Å²) in [5.74, 6) is 0. The monoisotopic (exact) mass is 92.0 g/mol. The molecule has 0 nitrogen and oxygen atoms in total. The molecule has 1 fully saturated rings. The van der Waals surface area contributed by atoms with Gasteiger partial charge in [0.15, 0.2) is 0 Å². The molecule has 1 aliphatic carbocycles. The van der Waals surface area contributed by atoms with Crippen molar-refractivity contribution in [2.24, 2.45) is 0 Å². The number of hydrogen-bond donors (Lipinski definition) is 0. The van der Waals surface area contributed by atoms with Crippen molar-refractivity contribution in [2.45, 2.75) is 18.3 Å². The molecular formula is C3H6FP. The van der Waals surface area contributed by atoms with Gasteiger partial charge in [-0.3, -0.25) is 0 Å². The van der Waals surface area contributed by atoms with Crippen molar-refractivity contribution in [3.63, 3.8) is 0 Å². The zero-order chi connectivity index (χ0) is 3.91. The van der Waals surface area contributed by atoms with Crippen LogP contribution in [0.1, 0.15) is 12.8 Å². The van der Waals surface area contributed by atoms with Crippen LogP contribution in [0.25, 0.3) is 0 Å². The molecule has 5 heavy (non-hydrogen) atoms. The fraction of sp³-hybridized carbons (Fsp3) is 1.00. The lowest BCUT2D eigenvalue weighted by Gasteiger charge is -1.81. The average Bonchev–Trinajstić information content (AvgIpc) is 1.76. The molecule has 0 aromatic rings. The summed E-state index contributed by atoms with van der Waals surface area (Å²) in [5.41, 5.74) is 0. The van der Waals surface area contributed by atoms with E-state index in [2.05, 4.69) is 9.24 Å². The lowest BCUT2D eigenvalue weighted by Crippen LogP contribution is -1.74. The number of alkyl halides is 1. The molecule has 0 radical (unpaired) electrons. The summed E-state index contributed by atoms with van der Waals surface area (Å²) >= 11 is 0. The molecule has 1 atom stereocenters. The normalized spacial score (nSPS) is 30.0. The van der Waals surface area contributed by atoms with E-state index in [-0.39, 0.29) is 0 Å². The van der Waals surface area contributed by atoms with E-state index in [1.54, 1.807) is 0 Å². The molecule has 1 saturated carbocycles. The zero-order valence-electron chi connectivity index (χ0n) is 2.87.